The second-order valence-corrected chi connectivity index (χ2v) is 14.1. The van der Waals surface area contributed by atoms with Crippen LogP contribution in [0.3, 0.4) is 0 Å². The van der Waals surface area contributed by atoms with E-state index in [1.165, 1.54) is 0 Å². The van der Waals surface area contributed by atoms with Gasteiger partial charge in [0, 0.05) is 26.5 Å². The van der Waals surface area contributed by atoms with Crippen LogP contribution in [0.2, 0.25) is 5.02 Å². The highest BCUT2D eigenvalue weighted by molar-refractivity contribution is 7.80. The molecule has 5 rings (SSSR count). The van der Waals surface area contributed by atoms with E-state index < -0.39 is 7.92 Å². The minimum absolute atomic E-state index is 0.0648. The van der Waals surface area contributed by atoms with Gasteiger partial charge >= 0.3 is 0 Å². The molecule has 0 spiro atoms. The van der Waals surface area contributed by atoms with Crippen LogP contribution < -0.4 is 25.4 Å². The van der Waals surface area contributed by atoms with Crippen LogP contribution in [-0.4, -0.2) is 18.7 Å². The number of phenolic OH excluding ortho intramolecular Hbond substituents is 1. The van der Waals surface area contributed by atoms with E-state index in [0.717, 1.165) is 27.3 Å². The van der Waals surface area contributed by atoms with Crippen LogP contribution in [0.1, 0.15) is 37.5 Å². The van der Waals surface area contributed by atoms with Gasteiger partial charge < -0.3 is 24.1 Å². The van der Waals surface area contributed by atoms with E-state index in [1.54, 1.807) is 0 Å². The molecule has 0 aromatic heterocycles. The van der Waals surface area contributed by atoms with Gasteiger partial charge in [0.25, 0.3) is 0 Å². The molecule has 0 heterocycles. The maximum atomic E-state index is 11.8. The third-order valence-corrected chi connectivity index (χ3v) is 9.88. The first-order valence-corrected chi connectivity index (χ1v) is 16.5. The van der Waals surface area contributed by atoms with Crippen LogP contribution >= 0.6 is 19.5 Å². The minimum Gasteiger partial charge on any atom is -0.507 e. The Labute approximate surface area is 272 Å². The average Bonchev–Trinajstić information content (AvgIpc) is 3.04. The zero-order valence-corrected chi connectivity index (χ0v) is 27.4. The highest BCUT2D eigenvalue weighted by atomic mass is 35.5. The molecule has 0 radical (unpaired) electrons. The fourth-order valence-corrected chi connectivity index (χ4v) is 7.78. The maximum Gasteiger partial charge on any atom is 0.189 e. The highest BCUT2D eigenvalue weighted by Gasteiger charge is 2.30. The molecule has 5 nitrogen and oxygen atoms in total. The van der Waals surface area contributed by atoms with Crippen molar-refractivity contribution in [1.29, 1.82) is 0 Å². The van der Waals surface area contributed by atoms with Crippen LogP contribution in [0.5, 0.6) is 17.2 Å². The van der Waals surface area contributed by atoms with Crippen LogP contribution in [0.15, 0.2) is 121 Å². The van der Waals surface area contributed by atoms with E-state index in [0.29, 0.717) is 35.0 Å². The first-order valence-electron chi connectivity index (χ1n) is 14.8. The van der Waals surface area contributed by atoms with Gasteiger partial charge in [-0.1, -0.05) is 129 Å². The lowest BCUT2D eigenvalue weighted by molar-refractivity contribution is 0.00562. The molecule has 0 aliphatic heterocycles. The molecule has 5 aromatic rings. The summed E-state index contributed by atoms with van der Waals surface area (Å²) < 4.78 is 24.3. The molecule has 45 heavy (non-hydrogen) atoms. The largest absolute Gasteiger partial charge is 0.507 e. The SMILES string of the molecule is CC(C)(C)c1cc(Cl)cc(P(c2ccccc2OCOCc2ccccc2)c2ccccc2OCOCc2ccccc2)c1O. The van der Waals surface area contributed by atoms with Crippen LogP contribution in [-0.2, 0) is 28.1 Å². The van der Waals surface area contributed by atoms with Crippen molar-refractivity contribution in [1.82, 2.24) is 0 Å². The number of hydrogen-bond donors (Lipinski definition) is 1. The lowest BCUT2D eigenvalue weighted by Crippen LogP contribution is -2.26. The summed E-state index contributed by atoms with van der Waals surface area (Å²) >= 11 is 6.74. The summed E-state index contributed by atoms with van der Waals surface area (Å²) in [6.07, 6.45) is 0. The Hall–Kier alpha value is -3.86. The fourth-order valence-electron chi connectivity index (χ4n) is 4.92. The average molecular weight is 641 g/mol. The molecule has 0 amide bonds. The van der Waals surface area contributed by atoms with Gasteiger partial charge in [-0.3, -0.25) is 0 Å². The van der Waals surface area contributed by atoms with Crippen LogP contribution in [0.25, 0.3) is 0 Å². The van der Waals surface area contributed by atoms with Crippen LogP contribution in [0, 0.1) is 0 Å². The minimum atomic E-state index is -1.41. The molecule has 1 N–H and O–H groups in total. The molecule has 232 valence electrons. The number of ether oxygens (including phenoxy) is 4. The van der Waals surface area contributed by atoms with E-state index in [9.17, 15) is 5.11 Å². The van der Waals surface area contributed by atoms with E-state index in [4.69, 9.17) is 30.5 Å². The Balaban J connectivity index is 1.50. The third kappa shape index (κ3) is 8.65. The maximum absolute atomic E-state index is 11.8. The Kier molecular flexibility index (Phi) is 11.2. The van der Waals surface area contributed by atoms with Crippen molar-refractivity contribution in [3.05, 3.63) is 143 Å². The van der Waals surface area contributed by atoms with Crippen molar-refractivity contribution in [2.45, 2.75) is 39.4 Å². The van der Waals surface area contributed by atoms with E-state index >= 15 is 0 Å². The summed E-state index contributed by atoms with van der Waals surface area (Å²) in [5.74, 6) is 1.52. The topological polar surface area (TPSA) is 57.2 Å². The van der Waals surface area contributed by atoms with Gasteiger partial charge in [-0.05, 0) is 48.7 Å². The van der Waals surface area contributed by atoms with Crippen molar-refractivity contribution in [2.75, 3.05) is 13.6 Å². The van der Waals surface area contributed by atoms with Crippen LogP contribution in [0.4, 0.5) is 0 Å². The first kappa shape index (κ1) is 32.5. The highest BCUT2D eigenvalue weighted by Crippen LogP contribution is 2.45. The molecule has 0 aliphatic carbocycles. The number of rotatable bonds is 13. The lowest BCUT2D eigenvalue weighted by atomic mass is 9.86. The van der Waals surface area contributed by atoms with Gasteiger partial charge in [-0.25, -0.2) is 0 Å². The van der Waals surface area contributed by atoms with Gasteiger partial charge in [0.15, 0.2) is 13.6 Å². The van der Waals surface area contributed by atoms with Crippen molar-refractivity contribution >= 4 is 35.4 Å². The predicted molar refractivity (Wildman–Crippen MR) is 184 cm³/mol. The second-order valence-electron chi connectivity index (χ2n) is 11.5. The van der Waals surface area contributed by atoms with Gasteiger partial charge in [0.1, 0.15) is 17.2 Å². The normalized spacial score (nSPS) is 11.5. The molecule has 0 fully saturated rings. The van der Waals surface area contributed by atoms with Gasteiger partial charge in [0.2, 0.25) is 0 Å². The third-order valence-electron chi connectivity index (χ3n) is 7.13. The fraction of sp³-hybridized carbons (Fsp3) is 0.211. The molecule has 0 saturated carbocycles. The quantitative estimate of drug-likeness (QED) is 0.0799. The summed E-state index contributed by atoms with van der Waals surface area (Å²) in [6.45, 7) is 7.18. The lowest BCUT2D eigenvalue weighted by Gasteiger charge is -2.28. The van der Waals surface area contributed by atoms with E-state index in [1.807, 2.05) is 121 Å². The summed E-state index contributed by atoms with van der Waals surface area (Å²) in [4.78, 5) is 0. The van der Waals surface area contributed by atoms with Crippen molar-refractivity contribution in [2.24, 2.45) is 0 Å². The Morgan fingerprint density at radius 1 is 0.600 bits per heavy atom. The zero-order valence-electron chi connectivity index (χ0n) is 25.8. The van der Waals surface area contributed by atoms with Crippen molar-refractivity contribution < 1.29 is 24.1 Å². The van der Waals surface area contributed by atoms with Gasteiger partial charge in [-0.15, -0.1) is 0 Å². The molecular formula is C38H38ClO5P. The molecule has 7 heteroatoms. The zero-order chi connectivity index (χ0) is 31.6. The van der Waals surface area contributed by atoms with Crippen molar-refractivity contribution in [3.8, 4) is 17.2 Å². The first-order chi connectivity index (χ1) is 21.8. The smallest absolute Gasteiger partial charge is 0.189 e. The molecule has 0 atom stereocenters. The molecule has 5 aromatic carbocycles. The Morgan fingerprint density at radius 3 is 1.51 bits per heavy atom. The molecular weight excluding hydrogens is 603 g/mol. The predicted octanol–water partition coefficient (Wildman–Crippen LogP) is 8.21. The Morgan fingerprint density at radius 2 is 1.04 bits per heavy atom. The number of para-hydroxylation sites is 2. The summed E-state index contributed by atoms with van der Waals surface area (Å²) in [7, 11) is -1.41. The second kappa shape index (κ2) is 15.4. The number of halogens is 1. The standard InChI is InChI=1S/C38H38ClO5P/c1-38(2,3)31-22-30(39)23-36(37(31)40)45(34-20-12-10-18-32(34)43-26-41-24-28-14-6-4-7-15-28)35-21-13-11-19-33(35)44-27-42-25-29-16-8-5-9-17-29/h4-23,40H,24-27H2,1-3H3. The number of benzene rings is 5. The van der Waals surface area contributed by atoms with E-state index in [2.05, 4.69) is 20.8 Å². The summed E-state index contributed by atoms with van der Waals surface area (Å²) in [5, 5.41) is 14.9. The molecule has 0 bridgehead atoms. The summed E-state index contributed by atoms with van der Waals surface area (Å²) in [5.41, 5.74) is 2.56. The number of hydrogen-bond acceptors (Lipinski definition) is 5. The summed E-state index contributed by atoms with van der Waals surface area (Å²) in [6, 6.07) is 39.4. The molecule has 0 saturated heterocycles. The molecule has 0 unspecified atom stereocenters. The Bertz CT molecular complexity index is 1580. The van der Waals surface area contributed by atoms with Gasteiger partial charge in [0.05, 0.1) is 13.2 Å². The number of phenols is 1. The monoisotopic (exact) mass is 640 g/mol. The number of aromatic hydroxyl groups is 1. The van der Waals surface area contributed by atoms with E-state index in [-0.39, 0.29) is 24.8 Å². The van der Waals surface area contributed by atoms with Gasteiger partial charge in [-0.2, -0.15) is 0 Å². The van der Waals surface area contributed by atoms with Crippen molar-refractivity contribution in [3.63, 3.8) is 0 Å². The molecule has 0 aliphatic rings.